The largest absolute Gasteiger partial charge is 0.444 e. The first-order valence-corrected chi connectivity index (χ1v) is 8.37. The van der Waals surface area contributed by atoms with Gasteiger partial charge < -0.3 is 10.1 Å². The van der Waals surface area contributed by atoms with E-state index in [-0.39, 0.29) is 0 Å². The first-order valence-electron chi connectivity index (χ1n) is 8.37. The quantitative estimate of drug-likeness (QED) is 0.787. The fourth-order valence-corrected chi connectivity index (χ4v) is 2.59. The van der Waals surface area contributed by atoms with Crippen molar-refractivity contribution in [2.75, 3.05) is 11.9 Å². The van der Waals surface area contributed by atoms with E-state index in [1.807, 2.05) is 45.0 Å². The van der Waals surface area contributed by atoms with Crippen LogP contribution in [-0.4, -0.2) is 18.2 Å². The maximum atomic E-state index is 11.7. The van der Waals surface area contributed by atoms with Crippen molar-refractivity contribution in [3.05, 3.63) is 42.0 Å². The molecule has 4 nitrogen and oxygen atoms in total. The van der Waals surface area contributed by atoms with Crippen LogP contribution in [0.1, 0.15) is 45.6 Å². The molecule has 1 aliphatic rings. The van der Waals surface area contributed by atoms with Gasteiger partial charge in [0.05, 0.1) is 0 Å². The van der Waals surface area contributed by atoms with E-state index in [2.05, 4.69) is 22.8 Å². The number of carbonyl (C=O) groups excluding carboxylic acids is 1. The third-order valence-electron chi connectivity index (χ3n) is 3.74. The fraction of sp³-hybridized carbons (Fsp3) is 0.526. The van der Waals surface area contributed by atoms with Gasteiger partial charge in [0, 0.05) is 12.2 Å². The molecule has 0 aliphatic heterocycles. The third-order valence-corrected chi connectivity index (χ3v) is 3.74. The summed E-state index contributed by atoms with van der Waals surface area (Å²) < 4.78 is 5.24. The zero-order chi connectivity index (χ0) is 16.7. The highest BCUT2D eigenvalue weighted by atomic mass is 16.6. The zero-order valence-corrected chi connectivity index (χ0v) is 14.4. The molecule has 0 saturated carbocycles. The number of allylic oxidation sites excluding steroid dienone is 2. The van der Waals surface area contributed by atoms with E-state index in [9.17, 15) is 4.79 Å². The van der Waals surface area contributed by atoms with Crippen LogP contribution in [0.2, 0.25) is 0 Å². The Morgan fingerprint density at radius 3 is 2.57 bits per heavy atom. The molecule has 23 heavy (non-hydrogen) atoms. The molecule has 0 aromatic heterocycles. The fourth-order valence-electron chi connectivity index (χ4n) is 2.59. The lowest BCUT2D eigenvalue weighted by atomic mass is 9.94. The molecule has 2 rings (SSSR count). The summed E-state index contributed by atoms with van der Waals surface area (Å²) in [6, 6.07) is 7.87. The van der Waals surface area contributed by atoms with Crippen molar-refractivity contribution < 1.29 is 9.53 Å². The monoisotopic (exact) mass is 316 g/mol. The van der Waals surface area contributed by atoms with Crippen LogP contribution in [0.4, 0.5) is 10.5 Å². The van der Waals surface area contributed by atoms with Gasteiger partial charge in [0.1, 0.15) is 5.60 Å². The van der Waals surface area contributed by atoms with Crippen LogP contribution in [0.5, 0.6) is 0 Å². The summed E-state index contributed by atoms with van der Waals surface area (Å²) in [6.07, 6.45) is 7.80. The number of ether oxygens (including phenoxy) is 1. The zero-order valence-electron chi connectivity index (χ0n) is 14.4. The van der Waals surface area contributed by atoms with Gasteiger partial charge in [-0.3, -0.25) is 5.32 Å². The molecule has 0 heterocycles. The van der Waals surface area contributed by atoms with E-state index >= 15 is 0 Å². The summed E-state index contributed by atoms with van der Waals surface area (Å²) in [6.45, 7) is 7.46. The SMILES string of the molecule is CC(C)(C)OC(=O)Nc1ccc(CNCC2CC=CCC2)cc1. The van der Waals surface area contributed by atoms with E-state index in [1.54, 1.807) is 0 Å². The minimum Gasteiger partial charge on any atom is -0.444 e. The van der Waals surface area contributed by atoms with Gasteiger partial charge in [-0.1, -0.05) is 24.3 Å². The molecule has 1 aromatic carbocycles. The van der Waals surface area contributed by atoms with Gasteiger partial charge in [-0.2, -0.15) is 0 Å². The van der Waals surface area contributed by atoms with Crippen molar-refractivity contribution in [1.29, 1.82) is 0 Å². The molecule has 126 valence electrons. The number of nitrogens with one attached hydrogen (secondary N) is 2. The molecule has 1 unspecified atom stereocenters. The standard InChI is InChI=1S/C19H28N2O2/c1-19(2,3)23-18(22)21-17-11-9-16(10-12-17)14-20-13-15-7-5-4-6-8-15/h4-5,9-12,15,20H,6-8,13-14H2,1-3H3,(H,21,22). The minimum atomic E-state index is -0.484. The van der Waals surface area contributed by atoms with Crippen molar-refractivity contribution in [1.82, 2.24) is 5.32 Å². The maximum Gasteiger partial charge on any atom is 0.412 e. The highest BCUT2D eigenvalue weighted by molar-refractivity contribution is 5.84. The van der Waals surface area contributed by atoms with Crippen LogP contribution in [-0.2, 0) is 11.3 Å². The van der Waals surface area contributed by atoms with Gasteiger partial charge in [0.2, 0.25) is 0 Å². The van der Waals surface area contributed by atoms with Crippen LogP contribution >= 0.6 is 0 Å². The Balaban J connectivity index is 1.73. The molecule has 0 saturated heterocycles. The summed E-state index contributed by atoms with van der Waals surface area (Å²) in [7, 11) is 0. The van der Waals surface area contributed by atoms with E-state index in [4.69, 9.17) is 4.74 Å². The average molecular weight is 316 g/mol. The molecule has 4 heteroatoms. The molecule has 2 N–H and O–H groups in total. The van der Waals surface area contributed by atoms with Gasteiger partial charge in [-0.15, -0.1) is 0 Å². The van der Waals surface area contributed by atoms with Crippen molar-refractivity contribution in [2.24, 2.45) is 5.92 Å². The number of hydrogen-bond acceptors (Lipinski definition) is 3. The Morgan fingerprint density at radius 2 is 1.96 bits per heavy atom. The van der Waals surface area contributed by atoms with Gasteiger partial charge in [-0.25, -0.2) is 4.79 Å². The second-order valence-electron chi connectivity index (χ2n) is 7.11. The minimum absolute atomic E-state index is 0.422. The van der Waals surface area contributed by atoms with Gasteiger partial charge >= 0.3 is 6.09 Å². The Labute approximate surface area is 139 Å². The van der Waals surface area contributed by atoms with E-state index < -0.39 is 11.7 Å². The second kappa shape index (κ2) is 8.16. The van der Waals surface area contributed by atoms with Crippen molar-refractivity contribution >= 4 is 11.8 Å². The van der Waals surface area contributed by atoms with Crippen molar-refractivity contribution in [2.45, 2.75) is 52.2 Å². The van der Waals surface area contributed by atoms with Crippen molar-refractivity contribution in [3.63, 3.8) is 0 Å². The number of carbonyl (C=O) groups is 1. The molecule has 0 bridgehead atoms. The molecule has 1 aliphatic carbocycles. The van der Waals surface area contributed by atoms with Crippen LogP contribution in [0.25, 0.3) is 0 Å². The number of benzene rings is 1. The van der Waals surface area contributed by atoms with E-state index in [1.165, 1.54) is 24.8 Å². The highest BCUT2D eigenvalue weighted by Crippen LogP contribution is 2.17. The first-order chi connectivity index (χ1) is 10.9. The Hall–Kier alpha value is -1.81. The molecule has 0 fully saturated rings. The molecule has 1 amide bonds. The van der Waals surface area contributed by atoms with Crippen LogP contribution in [0.3, 0.4) is 0 Å². The van der Waals surface area contributed by atoms with E-state index in [0.29, 0.717) is 0 Å². The normalized spacial score (nSPS) is 17.8. The first kappa shape index (κ1) is 17.5. The van der Waals surface area contributed by atoms with Gasteiger partial charge in [0.15, 0.2) is 0 Å². The second-order valence-corrected chi connectivity index (χ2v) is 7.11. The summed E-state index contributed by atoms with van der Waals surface area (Å²) in [5, 5.41) is 6.26. The predicted octanol–water partition coefficient (Wildman–Crippen LogP) is 4.48. The number of amides is 1. The lowest BCUT2D eigenvalue weighted by Gasteiger charge is -2.20. The summed E-state index contributed by atoms with van der Waals surface area (Å²) in [5.74, 6) is 0.758. The summed E-state index contributed by atoms with van der Waals surface area (Å²) in [5.41, 5.74) is 1.48. The average Bonchev–Trinajstić information content (AvgIpc) is 2.48. The molecule has 1 atom stereocenters. The Kier molecular flexibility index (Phi) is 6.22. The Bertz CT molecular complexity index is 529. The van der Waals surface area contributed by atoms with Gasteiger partial charge in [-0.05, 0) is 70.2 Å². The smallest absolute Gasteiger partial charge is 0.412 e. The van der Waals surface area contributed by atoms with Gasteiger partial charge in [0.25, 0.3) is 0 Å². The summed E-state index contributed by atoms with van der Waals surface area (Å²) in [4.78, 5) is 11.7. The molecular formula is C19H28N2O2. The lowest BCUT2D eigenvalue weighted by molar-refractivity contribution is 0.0636. The molecular weight excluding hydrogens is 288 g/mol. The third kappa shape index (κ3) is 6.87. The number of anilines is 1. The number of rotatable bonds is 5. The topological polar surface area (TPSA) is 50.4 Å². The van der Waals surface area contributed by atoms with Crippen LogP contribution in [0, 0.1) is 5.92 Å². The van der Waals surface area contributed by atoms with Crippen molar-refractivity contribution in [3.8, 4) is 0 Å². The predicted molar refractivity (Wildman–Crippen MR) is 94.5 cm³/mol. The Morgan fingerprint density at radius 1 is 1.22 bits per heavy atom. The van der Waals surface area contributed by atoms with Crippen LogP contribution < -0.4 is 10.6 Å². The summed E-state index contributed by atoms with van der Waals surface area (Å²) >= 11 is 0. The highest BCUT2D eigenvalue weighted by Gasteiger charge is 2.16. The number of hydrogen-bond donors (Lipinski definition) is 2. The van der Waals surface area contributed by atoms with E-state index in [0.717, 1.165) is 24.7 Å². The van der Waals surface area contributed by atoms with Crippen LogP contribution in [0.15, 0.2) is 36.4 Å². The molecule has 0 radical (unpaired) electrons. The lowest BCUT2D eigenvalue weighted by Crippen LogP contribution is -2.27. The maximum absolute atomic E-state index is 11.7. The molecule has 1 aromatic rings. The molecule has 0 spiro atoms.